The van der Waals surface area contributed by atoms with Crippen LogP contribution in [0.4, 0.5) is 4.79 Å². The maximum absolute atomic E-state index is 13.3. The predicted octanol–water partition coefficient (Wildman–Crippen LogP) is 5.47. The largest absolute Gasteiger partial charge is 0.331 e. The van der Waals surface area contributed by atoms with Gasteiger partial charge in [0, 0.05) is 28.2 Å². The van der Waals surface area contributed by atoms with Crippen molar-refractivity contribution >= 4 is 27.5 Å². The predicted molar refractivity (Wildman–Crippen MR) is 145 cm³/mol. The van der Waals surface area contributed by atoms with Crippen LogP contribution in [-0.4, -0.2) is 20.5 Å². The zero-order chi connectivity index (χ0) is 26.0. The molecule has 0 fully saturated rings. The van der Waals surface area contributed by atoms with Crippen LogP contribution in [0.2, 0.25) is 5.02 Å². The number of sulfone groups is 1. The highest BCUT2D eigenvalue weighted by atomic mass is 35.5. The quantitative estimate of drug-likeness (QED) is 0.465. The Hall–Kier alpha value is -2.61. The zero-order valence-electron chi connectivity index (χ0n) is 21.2. The second kappa shape index (κ2) is 10.8. The van der Waals surface area contributed by atoms with Gasteiger partial charge in [-0.05, 0) is 79.5 Å². The van der Waals surface area contributed by atoms with Gasteiger partial charge in [-0.25, -0.2) is 13.2 Å². The average molecular weight is 528 g/mol. The Kier molecular flexibility index (Phi) is 7.93. The molecule has 3 N–H and O–H groups in total. The molecule has 0 bridgehead atoms. The van der Waals surface area contributed by atoms with Crippen LogP contribution in [0.3, 0.4) is 0 Å². The van der Waals surface area contributed by atoms with Gasteiger partial charge in [0.25, 0.3) is 0 Å². The van der Waals surface area contributed by atoms with Crippen molar-refractivity contribution in [2.75, 3.05) is 0 Å². The van der Waals surface area contributed by atoms with Gasteiger partial charge in [0.1, 0.15) is 0 Å². The van der Waals surface area contributed by atoms with Gasteiger partial charge in [-0.3, -0.25) is 0 Å². The van der Waals surface area contributed by atoms with Crippen LogP contribution in [0.25, 0.3) is 0 Å². The van der Waals surface area contributed by atoms with Gasteiger partial charge < -0.3 is 16.0 Å². The van der Waals surface area contributed by atoms with E-state index in [2.05, 4.69) is 22.9 Å². The first kappa shape index (κ1) is 26.5. The maximum Gasteiger partial charge on any atom is 0.319 e. The summed E-state index contributed by atoms with van der Waals surface area (Å²) < 4.78 is 26.5. The lowest BCUT2D eigenvalue weighted by atomic mass is 9.95. The van der Waals surface area contributed by atoms with E-state index in [9.17, 15) is 13.2 Å². The molecule has 1 aliphatic heterocycles. The second-order valence-corrected chi connectivity index (χ2v) is 12.4. The number of amides is 2. The van der Waals surface area contributed by atoms with E-state index in [1.165, 1.54) is 11.1 Å². The number of halogens is 1. The minimum atomic E-state index is -3.48. The normalized spacial score (nSPS) is 20.6. The summed E-state index contributed by atoms with van der Waals surface area (Å²) in [6, 6.07) is 11.5. The van der Waals surface area contributed by atoms with Crippen LogP contribution in [0.1, 0.15) is 61.1 Å². The summed E-state index contributed by atoms with van der Waals surface area (Å²) in [6.45, 7) is 8.63. The summed E-state index contributed by atoms with van der Waals surface area (Å²) in [5.74, 6) is -0.259. The fourth-order valence-electron chi connectivity index (χ4n) is 4.93. The Morgan fingerprint density at radius 3 is 2.67 bits per heavy atom. The Morgan fingerprint density at radius 1 is 1.14 bits per heavy atom. The van der Waals surface area contributed by atoms with E-state index in [-0.39, 0.29) is 23.7 Å². The first-order valence-corrected chi connectivity index (χ1v) is 14.4. The molecule has 2 aliphatic rings. The molecular weight excluding hydrogens is 494 g/mol. The SMILES string of the molecule is Cc1cccc([C@H](C)NC(=O)NC2=CC=C(S(=O)(=O)Cc3ccc4c(c3)CC(C)NC4)C(C)C2)c1Cl. The van der Waals surface area contributed by atoms with Crippen molar-refractivity contribution in [3.8, 4) is 0 Å². The fraction of sp³-hybridized carbons (Fsp3) is 0.393. The van der Waals surface area contributed by atoms with Gasteiger partial charge in [-0.15, -0.1) is 0 Å². The van der Waals surface area contributed by atoms with Gasteiger partial charge in [0.2, 0.25) is 0 Å². The fourth-order valence-corrected chi connectivity index (χ4v) is 6.98. The van der Waals surface area contributed by atoms with Crippen molar-refractivity contribution in [3.05, 3.63) is 92.0 Å². The summed E-state index contributed by atoms with van der Waals surface area (Å²) in [6.07, 6.45) is 4.66. The number of nitrogens with one attached hydrogen (secondary N) is 3. The van der Waals surface area contributed by atoms with Crippen molar-refractivity contribution < 1.29 is 13.2 Å². The molecule has 1 heterocycles. The molecule has 1 aliphatic carbocycles. The molecule has 2 amide bonds. The topological polar surface area (TPSA) is 87.3 Å². The summed E-state index contributed by atoms with van der Waals surface area (Å²) >= 11 is 6.39. The van der Waals surface area contributed by atoms with E-state index in [1.807, 2.05) is 57.2 Å². The molecular formula is C28H34ClN3O3S. The number of allylic oxidation sites excluding steroid dienone is 4. The van der Waals surface area contributed by atoms with Crippen molar-refractivity contribution in [3.63, 3.8) is 0 Å². The molecule has 3 atom stereocenters. The highest BCUT2D eigenvalue weighted by Gasteiger charge is 2.28. The molecule has 2 aromatic rings. The summed E-state index contributed by atoms with van der Waals surface area (Å²) in [5.41, 5.74) is 5.74. The number of hydrogen-bond donors (Lipinski definition) is 3. The molecule has 4 rings (SSSR count). The molecule has 0 spiro atoms. The molecule has 36 heavy (non-hydrogen) atoms. The molecule has 8 heteroatoms. The van der Waals surface area contributed by atoms with E-state index in [4.69, 9.17) is 11.6 Å². The van der Waals surface area contributed by atoms with Crippen molar-refractivity contribution in [2.45, 2.75) is 64.9 Å². The highest BCUT2D eigenvalue weighted by molar-refractivity contribution is 7.94. The van der Waals surface area contributed by atoms with Crippen LogP contribution in [0.15, 0.2) is 59.2 Å². The minimum absolute atomic E-state index is 0.0237. The highest BCUT2D eigenvalue weighted by Crippen LogP contribution is 2.31. The van der Waals surface area contributed by atoms with Crippen LogP contribution in [0, 0.1) is 12.8 Å². The third-order valence-electron chi connectivity index (χ3n) is 6.92. The summed E-state index contributed by atoms with van der Waals surface area (Å²) in [7, 11) is -3.48. The lowest BCUT2D eigenvalue weighted by Gasteiger charge is -2.25. The summed E-state index contributed by atoms with van der Waals surface area (Å²) in [5, 5.41) is 9.84. The van der Waals surface area contributed by atoms with Crippen LogP contribution >= 0.6 is 11.6 Å². The van der Waals surface area contributed by atoms with Crippen LogP contribution in [0.5, 0.6) is 0 Å². The summed E-state index contributed by atoms with van der Waals surface area (Å²) in [4.78, 5) is 13.0. The van der Waals surface area contributed by atoms with Gasteiger partial charge in [-0.1, -0.05) is 54.9 Å². The Balaban J connectivity index is 1.42. The Morgan fingerprint density at radius 2 is 1.92 bits per heavy atom. The number of urea groups is 1. The molecule has 192 valence electrons. The lowest BCUT2D eigenvalue weighted by molar-refractivity contribution is 0.240. The molecule has 0 aromatic heterocycles. The third kappa shape index (κ3) is 6.02. The average Bonchev–Trinajstić information content (AvgIpc) is 2.80. The van der Waals surface area contributed by atoms with Crippen LogP contribution < -0.4 is 16.0 Å². The van der Waals surface area contributed by atoms with Gasteiger partial charge >= 0.3 is 6.03 Å². The number of aryl methyl sites for hydroxylation is 1. The lowest BCUT2D eigenvalue weighted by Crippen LogP contribution is -2.37. The third-order valence-corrected chi connectivity index (χ3v) is 9.41. The number of carbonyl (C=O) groups excluding carboxylic acids is 1. The molecule has 0 saturated carbocycles. The maximum atomic E-state index is 13.3. The molecule has 0 radical (unpaired) electrons. The molecule has 2 aromatic carbocycles. The Bertz CT molecular complexity index is 1330. The number of hydrogen-bond acceptors (Lipinski definition) is 4. The minimum Gasteiger partial charge on any atom is -0.331 e. The van der Waals surface area contributed by atoms with E-state index in [0.717, 1.165) is 29.7 Å². The van der Waals surface area contributed by atoms with E-state index in [0.29, 0.717) is 28.1 Å². The molecule has 2 unspecified atom stereocenters. The first-order valence-electron chi connectivity index (χ1n) is 12.3. The standard InChI is InChI=1S/C28H34ClN3O3S/c1-17-6-5-7-25(27(17)29)20(4)31-28(33)32-24-10-11-26(18(2)12-24)36(34,35)16-21-8-9-22-15-30-19(3)13-23(22)14-21/h5-11,14,18-20,30H,12-13,15-16H2,1-4H3,(H2,31,32,33)/t18?,19?,20-/m0/s1. The van der Waals surface area contributed by atoms with Gasteiger partial charge in [-0.2, -0.15) is 0 Å². The van der Waals surface area contributed by atoms with Crippen molar-refractivity contribution in [1.82, 2.24) is 16.0 Å². The first-order chi connectivity index (χ1) is 17.0. The van der Waals surface area contributed by atoms with Crippen LogP contribution in [-0.2, 0) is 28.6 Å². The van der Waals surface area contributed by atoms with Gasteiger partial charge in [0.15, 0.2) is 9.84 Å². The zero-order valence-corrected chi connectivity index (χ0v) is 22.8. The number of rotatable bonds is 6. The van der Waals surface area contributed by atoms with Crippen molar-refractivity contribution in [2.24, 2.45) is 5.92 Å². The molecule has 6 nitrogen and oxygen atoms in total. The number of benzene rings is 2. The monoisotopic (exact) mass is 527 g/mol. The second-order valence-electron chi connectivity index (χ2n) is 10.0. The smallest absolute Gasteiger partial charge is 0.319 e. The van der Waals surface area contributed by atoms with E-state index < -0.39 is 9.84 Å². The van der Waals surface area contributed by atoms with E-state index >= 15 is 0 Å². The number of fused-ring (bicyclic) bond motifs is 1. The molecule has 0 saturated heterocycles. The Labute approximate surface area is 219 Å². The van der Waals surface area contributed by atoms with Gasteiger partial charge in [0.05, 0.1) is 11.8 Å². The van der Waals surface area contributed by atoms with E-state index in [1.54, 1.807) is 12.2 Å². The number of carbonyl (C=O) groups is 1. The van der Waals surface area contributed by atoms with Crippen molar-refractivity contribution in [1.29, 1.82) is 0 Å².